The van der Waals surface area contributed by atoms with Crippen molar-refractivity contribution in [2.45, 2.75) is 11.3 Å². The van der Waals surface area contributed by atoms with E-state index in [2.05, 4.69) is 20.9 Å². The largest absolute Gasteiger partial charge is 0.267 e. The fourth-order valence-corrected chi connectivity index (χ4v) is 4.41. The van der Waals surface area contributed by atoms with Crippen LogP contribution < -0.4 is 0 Å². The van der Waals surface area contributed by atoms with Crippen molar-refractivity contribution >= 4 is 58.3 Å². The van der Waals surface area contributed by atoms with Crippen LogP contribution in [0.1, 0.15) is 12.0 Å². The lowest BCUT2D eigenvalue weighted by atomic mass is 10.3. The van der Waals surface area contributed by atoms with Crippen LogP contribution in [0, 0.1) is 3.57 Å². The Morgan fingerprint density at radius 3 is 2.47 bits per heavy atom. The Bertz CT molecular complexity index is 496. The Morgan fingerprint density at radius 1 is 1.53 bits per heavy atom. The average molecular weight is 432 g/mol. The molecule has 0 aliphatic heterocycles. The highest BCUT2D eigenvalue weighted by Gasteiger charge is 2.24. The summed E-state index contributed by atoms with van der Waals surface area (Å²) in [5.41, 5.74) is -0.475. The van der Waals surface area contributed by atoms with Crippen molar-refractivity contribution in [1.82, 2.24) is 4.98 Å². The monoisotopic (exact) mass is 431 g/mol. The van der Waals surface area contributed by atoms with Crippen molar-refractivity contribution in [3.05, 3.63) is 19.9 Å². The lowest BCUT2D eigenvalue weighted by Crippen LogP contribution is -2.02. The van der Waals surface area contributed by atoms with Gasteiger partial charge in [-0.1, -0.05) is 0 Å². The molecule has 0 aliphatic rings. The minimum atomic E-state index is -4.06. The Morgan fingerprint density at radius 2 is 2.07 bits per heavy atom. The zero-order valence-electron chi connectivity index (χ0n) is 6.72. The summed E-state index contributed by atoms with van der Waals surface area (Å²) >= 11 is 4.31. The minimum absolute atomic E-state index is 0.0917. The molecular formula is C6H2BrClF2INO2S. The van der Waals surface area contributed by atoms with Crippen molar-refractivity contribution < 1.29 is 17.2 Å². The lowest BCUT2D eigenvalue weighted by Gasteiger charge is -2.08. The third-order valence-corrected chi connectivity index (χ3v) is 4.94. The first-order valence-electron chi connectivity index (χ1n) is 3.32. The number of hydrogen-bond acceptors (Lipinski definition) is 3. The van der Waals surface area contributed by atoms with Crippen molar-refractivity contribution in [3.8, 4) is 0 Å². The van der Waals surface area contributed by atoms with Gasteiger partial charge in [0.25, 0.3) is 15.5 Å². The van der Waals surface area contributed by atoms with E-state index in [1.165, 1.54) is 22.6 Å². The zero-order valence-corrected chi connectivity index (χ0v) is 12.0. The average Bonchev–Trinajstić information content (AvgIpc) is 2.00. The van der Waals surface area contributed by atoms with E-state index in [0.29, 0.717) is 0 Å². The van der Waals surface area contributed by atoms with Crippen LogP contribution in [0.4, 0.5) is 8.78 Å². The van der Waals surface area contributed by atoms with Gasteiger partial charge in [0.05, 0.1) is 5.56 Å². The SMILES string of the molecule is O=S(=O)(Cl)c1cnc(Br)c(C(F)F)c1I. The van der Waals surface area contributed by atoms with E-state index < -0.39 is 25.9 Å². The maximum absolute atomic E-state index is 12.5. The van der Waals surface area contributed by atoms with Crippen molar-refractivity contribution in [2.24, 2.45) is 0 Å². The molecule has 15 heavy (non-hydrogen) atoms. The highest BCUT2D eigenvalue weighted by Crippen LogP contribution is 2.34. The molecule has 0 fully saturated rings. The number of hydrogen-bond donors (Lipinski definition) is 0. The molecule has 0 atom stereocenters. The molecule has 0 saturated heterocycles. The van der Waals surface area contributed by atoms with Gasteiger partial charge in [-0.15, -0.1) is 0 Å². The highest BCUT2D eigenvalue weighted by atomic mass is 127. The summed E-state index contributed by atoms with van der Waals surface area (Å²) in [7, 11) is 1.00. The molecule has 84 valence electrons. The highest BCUT2D eigenvalue weighted by molar-refractivity contribution is 14.1. The number of aromatic nitrogens is 1. The molecule has 0 bridgehead atoms. The molecule has 0 unspecified atom stereocenters. The molecule has 0 N–H and O–H groups in total. The molecule has 0 spiro atoms. The van der Waals surface area contributed by atoms with Crippen LogP contribution in [-0.2, 0) is 9.05 Å². The number of rotatable bonds is 2. The van der Waals surface area contributed by atoms with Crippen LogP contribution in [0.15, 0.2) is 15.7 Å². The fraction of sp³-hybridized carbons (Fsp3) is 0.167. The predicted molar refractivity (Wildman–Crippen MR) is 62.6 cm³/mol. The molecule has 1 aromatic heterocycles. The Labute approximate surface area is 111 Å². The van der Waals surface area contributed by atoms with Gasteiger partial charge in [0.15, 0.2) is 0 Å². The van der Waals surface area contributed by atoms with Gasteiger partial charge in [0.2, 0.25) is 0 Å². The Kier molecular flexibility index (Phi) is 4.29. The van der Waals surface area contributed by atoms with Gasteiger partial charge < -0.3 is 0 Å². The van der Waals surface area contributed by atoms with Crippen LogP contribution in [0.2, 0.25) is 0 Å². The molecule has 9 heteroatoms. The van der Waals surface area contributed by atoms with E-state index in [9.17, 15) is 17.2 Å². The molecule has 1 aromatic rings. The Hall–Kier alpha value is 0.460. The van der Waals surface area contributed by atoms with Crippen LogP contribution in [0.3, 0.4) is 0 Å². The van der Waals surface area contributed by atoms with Crippen molar-refractivity contribution in [3.63, 3.8) is 0 Å². The minimum Gasteiger partial charge on any atom is -0.247 e. The summed E-state index contributed by atoms with van der Waals surface area (Å²) in [6, 6.07) is 0. The molecule has 3 nitrogen and oxygen atoms in total. The molecule has 0 aromatic carbocycles. The maximum Gasteiger partial charge on any atom is 0.267 e. The van der Waals surface area contributed by atoms with Gasteiger partial charge in [0, 0.05) is 20.4 Å². The van der Waals surface area contributed by atoms with Crippen molar-refractivity contribution in [1.29, 1.82) is 0 Å². The second-order valence-corrected chi connectivity index (χ2v) is 6.74. The fourth-order valence-electron chi connectivity index (χ4n) is 0.821. The van der Waals surface area contributed by atoms with E-state index in [1.54, 1.807) is 0 Å². The molecule has 1 rings (SSSR count). The quantitative estimate of drug-likeness (QED) is 0.409. The third kappa shape index (κ3) is 2.98. The van der Waals surface area contributed by atoms with Crippen molar-refractivity contribution in [2.75, 3.05) is 0 Å². The van der Waals surface area contributed by atoms with Crippen LogP contribution in [-0.4, -0.2) is 13.4 Å². The first-order valence-corrected chi connectivity index (χ1v) is 7.50. The first kappa shape index (κ1) is 13.5. The van der Waals surface area contributed by atoms with E-state index in [4.69, 9.17) is 10.7 Å². The number of halogens is 5. The second kappa shape index (κ2) is 4.76. The number of nitrogens with zero attached hydrogens (tertiary/aromatic N) is 1. The number of alkyl halides is 2. The molecular weight excluding hydrogens is 430 g/mol. The van der Waals surface area contributed by atoms with Gasteiger partial charge in [0.1, 0.15) is 9.50 Å². The normalized spacial score (nSPS) is 12.1. The van der Waals surface area contributed by atoms with Gasteiger partial charge in [-0.3, -0.25) is 0 Å². The second-order valence-electron chi connectivity index (χ2n) is 2.38. The molecule has 1 heterocycles. The van der Waals surface area contributed by atoms with Gasteiger partial charge in [-0.05, 0) is 38.5 Å². The van der Waals surface area contributed by atoms with E-state index in [1.807, 2.05) is 0 Å². The van der Waals surface area contributed by atoms with Gasteiger partial charge >= 0.3 is 0 Å². The van der Waals surface area contributed by atoms with Crippen LogP contribution in [0.25, 0.3) is 0 Å². The Balaban J connectivity index is 3.56. The van der Waals surface area contributed by atoms with Crippen LogP contribution >= 0.6 is 49.2 Å². The van der Waals surface area contributed by atoms with E-state index >= 15 is 0 Å². The smallest absolute Gasteiger partial charge is 0.247 e. The maximum atomic E-state index is 12.5. The molecule has 0 saturated carbocycles. The van der Waals surface area contributed by atoms with Gasteiger partial charge in [-0.2, -0.15) is 0 Å². The molecule has 0 amide bonds. The topological polar surface area (TPSA) is 47.0 Å². The van der Waals surface area contributed by atoms with Gasteiger partial charge in [-0.25, -0.2) is 22.2 Å². The van der Waals surface area contributed by atoms with Crippen LogP contribution in [0.5, 0.6) is 0 Å². The standard InChI is InChI=1S/C6H2BrClF2INO2S/c7-5-3(6(9)10)4(11)2(1-12-5)15(8,13)14/h1,6H. The zero-order chi connectivity index (χ0) is 11.8. The molecule has 0 aliphatic carbocycles. The summed E-state index contributed by atoms with van der Waals surface area (Å²) in [4.78, 5) is 3.08. The lowest BCUT2D eigenvalue weighted by molar-refractivity contribution is 0.148. The summed E-state index contributed by atoms with van der Waals surface area (Å²) in [5, 5.41) is 0. The number of pyridine rings is 1. The summed E-state index contributed by atoms with van der Waals surface area (Å²) < 4.78 is 46.9. The summed E-state index contributed by atoms with van der Waals surface area (Å²) in [6.45, 7) is 0. The third-order valence-electron chi connectivity index (χ3n) is 1.45. The first-order chi connectivity index (χ1) is 6.75. The predicted octanol–water partition coefficient (Wildman–Crippen LogP) is 3.31. The summed E-state index contributed by atoms with van der Waals surface area (Å²) in [5.74, 6) is 0. The summed E-state index contributed by atoms with van der Waals surface area (Å²) in [6.07, 6.45) is -1.89. The van der Waals surface area contributed by atoms with E-state index in [-0.39, 0.29) is 8.17 Å². The molecule has 0 radical (unpaired) electrons. The van der Waals surface area contributed by atoms with E-state index in [0.717, 1.165) is 6.20 Å².